The molecule has 29 heavy (non-hydrogen) atoms. The van der Waals surface area contributed by atoms with Crippen LogP contribution in [0, 0.1) is 10.1 Å². The van der Waals surface area contributed by atoms with Gasteiger partial charge < -0.3 is 10.1 Å². The number of carbonyl (C=O) groups is 1. The average molecular weight is 412 g/mol. The lowest BCUT2D eigenvalue weighted by Crippen LogP contribution is -2.33. The van der Waals surface area contributed by atoms with E-state index in [4.69, 9.17) is 9.72 Å². The minimum absolute atomic E-state index is 0.0870. The molecule has 2 aromatic carbocycles. The molecule has 1 aliphatic heterocycles. The third-order valence-corrected chi connectivity index (χ3v) is 6.12. The van der Waals surface area contributed by atoms with E-state index in [1.807, 2.05) is 24.3 Å². The van der Waals surface area contributed by atoms with Gasteiger partial charge in [-0.15, -0.1) is 11.3 Å². The first-order valence-corrected chi connectivity index (χ1v) is 10.1. The highest BCUT2D eigenvalue weighted by Gasteiger charge is 2.30. The van der Waals surface area contributed by atoms with Crippen molar-refractivity contribution in [2.75, 3.05) is 25.5 Å². The molecular formula is C20H20N4O4S. The number of ether oxygens (including phenoxy) is 1. The fraction of sp³-hybridized carbons (Fsp3) is 0.300. The molecule has 1 unspecified atom stereocenters. The van der Waals surface area contributed by atoms with Gasteiger partial charge in [0, 0.05) is 0 Å². The number of nitro benzene ring substituents is 1. The number of benzene rings is 2. The minimum Gasteiger partial charge on any atom is -0.496 e. The molecule has 1 saturated heterocycles. The Bertz CT molecular complexity index is 1030. The number of para-hydroxylation sites is 1. The van der Waals surface area contributed by atoms with Crippen LogP contribution in [-0.4, -0.2) is 40.9 Å². The summed E-state index contributed by atoms with van der Waals surface area (Å²) >= 11 is 1.65. The molecule has 0 radical (unpaired) electrons. The fourth-order valence-corrected chi connectivity index (χ4v) is 4.73. The molecule has 9 heteroatoms. The van der Waals surface area contributed by atoms with E-state index in [1.165, 1.54) is 19.2 Å². The number of hydrogen-bond donors (Lipinski definition) is 1. The van der Waals surface area contributed by atoms with Crippen LogP contribution in [0.15, 0.2) is 42.5 Å². The van der Waals surface area contributed by atoms with Crippen molar-refractivity contribution < 1.29 is 14.5 Å². The molecule has 1 aromatic heterocycles. The van der Waals surface area contributed by atoms with E-state index in [2.05, 4.69) is 10.2 Å². The standard InChI is InChI=1S/C20H20N4O4S/c1-28-13-8-9-14(17(11-13)24(26)27)21-19(25)12-23-10-4-6-16(23)20-22-15-5-2-3-7-18(15)29-20/h2-3,5,7-9,11,16H,4,6,10,12H2,1H3,(H,21,25). The van der Waals surface area contributed by atoms with Gasteiger partial charge in [0.2, 0.25) is 5.91 Å². The zero-order chi connectivity index (χ0) is 20.4. The fourth-order valence-electron chi connectivity index (χ4n) is 3.60. The van der Waals surface area contributed by atoms with Gasteiger partial charge in [0.25, 0.3) is 5.69 Å². The van der Waals surface area contributed by atoms with Gasteiger partial charge in [-0.2, -0.15) is 0 Å². The molecule has 2 heterocycles. The molecule has 1 aliphatic rings. The van der Waals surface area contributed by atoms with E-state index < -0.39 is 4.92 Å². The summed E-state index contributed by atoms with van der Waals surface area (Å²) in [6.07, 6.45) is 1.92. The van der Waals surface area contributed by atoms with Crippen LogP contribution in [0.4, 0.5) is 11.4 Å². The van der Waals surface area contributed by atoms with Crippen molar-refractivity contribution in [1.82, 2.24) is 9.88 Å². The molecular weight excluding hydrogens is 392 g/mol. The van der Waals surface area contributed by atoms with Crippen molar-refractivity contribution in [2.45, 2.75) is 18.9 Å². The molecule has 0 spiro atoms. The second-order valence-electron chi connectivity index (χ2n) is 6.84. The first kappa shape index (κ1) is 19.3. The Hall–Kier alpha value is -3.04. The Morgan fingerprint density at radius 1 is 1.38 bits per heavy atom. The number of nitrogens with zero attached hydrogens (tertiary/aromatic N) is 3. The maximum Gasteiger partial charge on any atom is 0.296 e. The summed E-state index contributed by atoms with van der Waals surface area (Å²) in [6, 6.07) is 12.5. The second-order valence-corrected chi connectivity index (χ2v) is 7.90. The van der Waals surface area contributed by atoms with Crippen LogP contribution < -0.4 is 10.1 Å². The number of nitrogens with one attached hydrogen (secondary N) is 1. The minimum atomic E-state index is -0.530. The molecule has 1 N–H and O–H groups in total. The van der Waals surface area contributed by atoms with E-state index in [0.29, 0.717) is 5.75 Å². The number of fused-ring (bicyclic) bond motifs is 1. The first-order chi connectivity index (χ1) is 14.0. The van der Waals surface area contributed by atoms with Crippen molar-refractivity contribution in [1.29, 1.82) is 0 Å². The van der Waals surface area contributed by atoms with Gasteiger partial charge in [0.1, 0.15) is 16.4 Å². The monoisotopic (exact) mass is 412 g/mol. The predicted octanol–water partition coefficient (Wildman–Crippen LogP) is 3.99. The number of thiazole rings is 1. The summed E-state index contributed by atoms with van der Waals surface area (Å²) in [6.45, 7) is 0.947. The quantitative estimate of drug-likeness (QED) is 0.486. The topological polar surface area (TPSA) is 97.6 Å². The summed E-state index contributed by atoms with van der Waals surface area (Å²) in [4.78, 5) is 30.2. The van der Waals surface area contributed by atoms with Crippen LogP contribution in [0.1, 0.15) is 23.9 Å². The highest BCUT2D eigenvalue weighted by atomic mass is 32.1. The molecule has 8 nitrogen and oxygen atoms in total. The van der Waals surface area contributed by atoms with Crippen molar-refractivity contribution >= 4 is 38.8 Å². The number of anilines is 1. The van der Waals surface area contributed by atoms with Crippen LogP contribution in [0.3, 0.4) is 0 Å². The van der Waals surface area contributed by atoms with Gasteiger partial charge in [-0.1, -0.05) is 12.1 Å². The normalized spacial score (nSPS) is 16.8. The third-order valence-electron chi connectivity index (χ3n) is 4.98. The molecule has 150 valence electrons. The third kappa shape index (κ3) is 4.06. The molecule has 0 aliphatic carbocycles. The lowest BCUT2D eigenvalue weighted by Gasteiger charge is -2.22. The molecule has 3 aromatic rings. The van der Waals surface area contributed by atoms with Crippen molar-refractivity contribution in [3.63, 3.8) is 0 Å². The number of nitro groups is 1. The Balaban J connectivity index is 1.48. The van der Waals surface area contributed by atoms with E-state index in [-0.39, 0.29) is 29.9 Å². The summed E-state index contributed by atoms with van der Waals surface area (Å²) in [7, 11) is 1.44. The Morgan fingerprint density at radius 2 is 2.21 bits per heavy atom. The molecule has 0 saturated carbocycles. The van der Waals surface area contributed by atoms with Gasteiger partial charge in [0.15, 0.2) is 0 Å². The molecule has 1 amide bonds. The van der Waals surface area contributed by atoms with Gasteiger partial charge in [-0.25, -0.2) is 4.98 Å². The van der Waals surface area contributed by atoms with Crippen LogP contribution in [0.25, 0.3) is 10.2 Å². The second kappa shape index (κ2) is 8.14. The predicted molar refractivity (Wildman–Crippen MR) is 111 cm³/mol. The summed E-state index contributed by atoms with van der Waals surface area (Å²) < 4.78 is 6.16. The van der Waals surface area contributed by atoms with Crippen molar-refractivity contribution in [3.05, 3.63) is 57.6 Å². The smallest absolute Gasteiger partial charge is 0.296 e. The highest BCUT2D eigenvalue weighted by Crippen LogP contribution is 2.36. The Morgan fingerprint density at radius 3 is 2.97 bits per heavy atom. The number of amides is 1. The average Bonchev–Trinajstić information content (AvgIpc) is 3.34. The molecule has 1 fully saturated rings. The lowest BCUT2D eigenvalue weighted by molar-refractivity contribution is -0.384. The number of likely N-dealkylation sites (tertiary alicyclic amines) is 1. The van der Waals surface area contributed by atoms with E-state index in [1.54, 1.807) is 17.4 Å². The number of aromatic nitrogens is 1. The van der Waals surface area contributed by atoms with E-state index >= 15 is 0 Å². The summed E-state index contributed by atoms with van der Waals surface area (Å²) in [5.74, 6) is 0.0800. The summed E-state index contributed by atoms with van der Waals surface area (Å²) in [5, 5.41) is 15.0. The van der Waals surface area contributed by atoms with Gasteiger partial charge in [-0.3, -0.25) is 19.8 Å². The molecule has 1 atom stereocenters. The van der Waals surface area contributed by atoms with Crippen LogP contribution >= 0.6 is 11.3 Å². The Kier molecular flexibility index (Phi) is 5.41. The zero-order valence-electron chi connectivity index (χ0n) is 15.8. The lowest BCUT2D eigenvalue weighted by atomic mass is 10.2. The van der Waals surface area contributed by atoms with Gasteiger partial charge in [-0.05, 0) is 43.7 Å². The van der Waals surface area contributed by atoms with E-state index in [0.717, 1.165) is 34.6 Å². The number of hydrogen-bond acceptors (Lipinski definition) is 7. The largest absolute Gasteiger partial charge is 0.496 e. The molecule has 4 rings (SSSR count). The van der Waals surface area contributed by atoms with Crippen LogP contribution in [0.2, 0.25) is 0 Å². The first-order valence-electron chi connectivity index (χ1n) is 9.27. The zero-order valence-corrected chi connectivity index (χ0v) is 16.6. The maximum atomic E-state index is 12.6. The highest BCUT2D eigenvalue weighted by molar-refractivity contribution is 7.18. The van der Waals surface area contributed by atoms with Gasteiger partial charge >= 0.3 is 0 Å². The van der Waals surface area contributed by atoms with Crippen molar-refractivity contribution in [2.24, 2.45) is 0 Å². The summed E-state index contributed by atoms with van der Waals surface area (Å²) in [5.41, 5.74) is 0.941. The van der Waals surface area contributed by atoms with Gasteiger partial charge in [0.05, 0.1) is 40.9 Å². The molecule has 0 bridgehead atoms. The Labute approximate surface area is 171 Å². The van der Waals surface area contributed by atoms with E-state index in [9.17, 15) is 14.9 Å². The maximum absolute atomic E-state index is 12.6. The van der Waals surface area contributed by atoms with Crippen molar-refractivity contribution in [3.8, 4) is 5.75 Å². The number of rotatable bonds is 6. The van der Waals surface area contributed by atoms with Crippen LogP contribution in [0.5, 0.6) is 5.75 Å². The van der Waals surface area contributed by atoms with Crippen LogP contribution in [-0.2, 0) is 4.79 Å². The SMILES string of the molecule is COc1ccc(NC(=O)CN2CCCC2c2nc3ccccc3s2)c([N+](=O)[O-])c1. The number of methoxy groups -OCH3 is 1. The number of carbonyl (C=O) groups excluding carboxylic acids is 1.